The van der Waals surface area contributed by atoms with Gasteiger partial charge in [0.25, 0.3) is 0 Å². The first kappa shape index (κ1) is 13.8. The molecule has 1 atom stereocenters. The summed E-state index contributed by atoms with van der Waals surface area (Å²) in [6.45, 7) is 5.61. The van der Waals surface area contributed by atoms with Crippen LogP contribution in [0.2, 0.25) is 0 Å². The molecule has 110 valence electrons. The topological polar surface area (TPSA) is 30.5 Å². The molecule has 0 amide bonds. The third kappa shape index (κ3) is 3.30. The van der Waals surface area contributed by atoms with Crippen LogP contribution < -0.4 is 14.8 Å². The largest absolute Gasteiger partial charge is 0.494 e. The molecule has 0 saturated heterocycles. The van der Waals surface area contributed by atoms with Crippen LogP contribution in [0.3, 0.4) is 0 Å². The zero-order valence-electron chi connectivity index (χ0n) is 12.6. The highest BCUT2D eigenvalue weighted by atomic mass is 16.5. The van der Waals surface area contributed by atoms with E-state index in [9.17, 15) is 0 Å². The van der Waals surface area contributed by atoms with Gasteiger partial charge < -0.3 is 14.8 Å². The third-order valence-electron chi connectivity index (χ3n) is 3.62. The van der Waals surface area contributed by atoms with Crippen LogP contribution in [0.15, 0.2) is 42.5 Å². The molecule has 2 aromatic carbocycles. The van der Waals surface area contributed by atoms with E-state index >= 15 is 0 Å². The zero-order valence-corrected chi connectivity index (χ0v) is 12.6. The van der Waals surface area contributed by atoms with Crippen LogP contribution in [0, 0.1) is 0 Å². The monoisotopic (exact) mass is 283 g/mol. The predicted molar refractivity (Wildman–Crippen MR) is 85.2 cm³/mol. The molecule has 0 spiro atoms. The Bertz CT molecular complexity index is 607. The van der Waals surface area contributed by atoms with E-state index in [0.717, 1.165) is 30.2 Å². The van der Waals surface area contributed by atoms with Crippen LogP contribution in [0.5, 0.6) is 11.5 Å². The van der Waals surface area contributed by atoms with Crippen LogP contribution >= 0.6 is 0 Å². The van der Waals surface area contributed by atoms with E-state index in [2.05, 4.69) is 30.4 Å². The van der Waals surface area contributed by atoms with E-state index in [-0.39, 0.29) is 0 Å². The molecule has 0 fully saturated rings. The average Bonchev–Trinajstić information content (AvgIpc) is 2.86. The fraction of sp³-hybridized carbons (Fsp3) is 0.333. The van der Waals surface area contributed by atoms with Gasteiger partial charge in [-0.1, -0.05) is 12.1 Å². The van der Waals surface area contributed by atoms with Crippen molar-refractivity contribution in [3.8, 4) is 11.5 Å². The lowest BCUT2D eigenvalue weighted by Gasteiger charge is -2.09. The molecule has 0 aromatic heterocycles. The Hall–Kier alpha value is -2.16. The lowest BCUT2D eigenvalue weighted by molar-refractivity contribution is 0.254. The molecule has 0 radical (unpaired) electrons. The Labute approximate surface area is 125 Å². The summed E-state index contributed by atoms with van der Waals surface area (Å²) in [5, 5.41) is 3.44. The summed E-state index contributed by atoms with van der Waals surface area (Å²) >= 11 is 0. The minimum Gasteiger partial charge on any atom is -0.494 e. The Kier molecular flexibility index (Phi) is 4.00. The van der Waals surface area contributed by atoms with E-state index in [1.54, 1.807) is 0 Å². The maximum atomic E-state index is 5.73. The number of hydrogen-bond acceptors (Lipinski definition) is 3. The van der Waals surface area contributed by atoms with Gasteiger partial charge >= 0.3 is 0 Å². The van der Waals surface area contributed by atoms with Crippen molar-refractivity contribution < 1.29 is 9.47 Å². The Balaban J connectivity index is 1.61. The number of benzene rings is 2. The van der Waals surface area contributed by atoms with Gasteiger partial charge in [0.05, 0.1) is 6.61 Å². The number of anilines is 1. The third-order valence-corrected chi connectivity index (χ3v) is 3.62. The van der Waals surface area contributed by atoms with Gasteiger partial charge in [-0.2, -0.15) is 0 Å². The van der Waals surface area contributed by atoms with Gasteiger partial charge in [-0.15, -0.1) is 0 Å². The normalized spacial score (nSPS) is 16.2. The van der Waals surface area contributed by atoms with E-state index in [1.165, 1.54) is 11.1 Å². The van der Waals surface area contributed by atoms with Crippen LogP contribution in [0.25, 0.3) is 0 Å². The number of rotatable bonds is 5. The van der Waals surface area contributed by atoms with Gasteiger partial charge in [-0.25, -0.2) is 0 Å². The summed E-state index contributed by atoms with van der Waals surface area (Å²) < 4.78 is 11.2. The van der Waals surface area contributed by atoms with Crippen LogP contribution in [0.1, 0.15) is 25.0 Å². The van der Waals surface area contributed by atoms with E-state index in [1.807, 2.05) is 31.2 Å². The van der Waals surface area contributed by atoms with Gasteiger partial charge in [0, 0.05) is 18.7 Å². The Morgan fingerprint density at radius 3 is 2.76 bits per heavy atom. The summed E-state index contributed by atoms with van der Waals surface area (Å²) in [6.07, 6.45) is 1.31. The van der Waals surface area contributed by atoms with E-state index in [0.29, 0.717) is 12.7 Å². The van der Waals surface area contributed by atoms with Gasteiger partial charge in [0.15, 0.2) is 0 Å². The van der Waals surface area contributed by atoms with E-state index < -0.39 is 0 Å². The van der Waals surface area contributed by atoms with Crippen molar-refractivity contribution in [2.75, 3.05) is 11.9 Å². The second-order valence-electron chi connectivity index (χ2n) is 5.39. The Morgan fingerprint density at radius 2 is 2.00 bits per heavy atom. The SMILES string of the molecule is CCOc1ccc(NCc2ccc3c(c2)C[C@H](C)O3)cc1. The highest BCUT2D eigenvalue weighted by Crippen LogP contribution is 2.29. The minimum absolute atomic E-state index is 0.300. The van der Waals surface area contributed by atoms with Gasteiger partial charge in [-0.3, -0.25) is 0 Å². The average molecular weight is 283 g/mol. The number of ether oxygens (including phenoxy) is 2. The molecule has 3 rings (SSSR count). The lowest BCUT2D eigenvalue weighted by Crippen LogP contribution is -2.05. The molecule has 0 aliphatic carbocycles. The lowest BCUT2D eigenvalue weighted by atomic mass is 10.1. The molecule has 3 nitrogen and oxygen atoms in total. The molecule has 0 bridgehead atoms. The molecule has 1 aliphatic heterocycles. The van der Waals surface area contributed by atoms with Crippen molar-refractivity contribution in [1.82, 2.24) is 0 Å². The summed E-state index contributed by atoms with van der Waals surface area (Å²) in [5.74, 6) is 1.94. The second-order valence-corrected chi connectivity index (χ2v) is 5.39. The molecule has 1 aliphatic rings. The molecular weight excluding hydrogens is 262 g/mol. The summed E-state index contributed by atoms with van der Waals surface area (Å²) in [5.41, 5.74) is 3.69. The molecule has 0 saturated carbocycles. The fourth-order valence-corrected chi connectivity index (χ4v) is 2.63. The number of nitrogens with one attached hydrogen (secondary N) is 1. The molecule has 1 heterocycles. The van der Waals surface area contributed by atoms with Crippen LogP contribution in [-0.2, 0) is 13.0 Å². The van der Waals surface area contributed by atoms with Crippen molar-refractivity contribution >= 4 is 5.69 Å². The van der Waals surface area contributed by atoms with Crippen molar-refractivity contribution in [2.24, 2.45) is 0 Å². The molecule has 2 aromatic rings. The molecule has 1 N–H and O–H groups in total. The number of fused-ring (bicyclic) bond motifs is 1. The summed E-state index contributed by atoms with van der Waals surface area (Å²) in [4.78, 5) is 0. The highest BCUT2D eigenvalue weighted by molar-refractivity contribution is 5.48. The first-order valence-corrected chi connectivity index (χ1v) is 7.50. The minimum atomic E-state index is 0.300. The van der Waals surface area contributed by atoms with Crippen LogP contribution in [0.4, 0.5) is 5.69 Å². The molecule has 21 heavy (non-hydrogen) atoms. The predicted octanol–water partition coefficient (Wildman–Crippen LogP) is 4.02. The van der Waals surface area contributed by atoms with Gasteiger partial charge in [0.2, 0.25) is 0 Å². The molecule has 3 heteroatoms. The standard InChI is InChI=1S/C18H21NO2/c1-3-20-17-7-5-16(6-8-17)19-12-14-4-9-18-15(11-14)10-13(2)21-18/h4-9,11,13,19H,3,10,12H2,1-2H3/t13-/m0/s1. The van der Waals surface area contributed by atoms with Crippen molar-refractivity contribution in [3.05, 3.63) is 53.6 Å². The van der Waals surface area contributed by atoms with Crippen molar-refractivity contribution in [1.29, 1.82) is 0 Å². The van der Waals surface area contributed by atoms with Crippen molar-refractivity contribution in [3.63, 3.8) is 0 Å². The van der Waals surface area contributed by atoms with Crippen LogP contribution in [-0.4, -0.2) is 12.7 Å². The maximum absolute atomic E-state index is 5.73. The second kappa shape index (κ2) is 6.08. The van der Waals surface area contributed by atoms with Gasteiger partial charge in [0.1, 0.15) is 17.6 Å². The maximum Gasteiger partial charge on any atom is 0.123 e. The molecule has 0 unspecified atom stereocenters. The molecular formula is C18H21NO2. The van der Waals surface area contributed by atoms with Crippen molar-refractivity contribution in [2.45, 2.75) is 32.9 Å². The quantitative estimate of drug-likeness (QED) is 0.899. The first-order valence-electron chi connectivity index (χ1n) is 7.50. The number of hydrogen-bond donors (Lipinski definition) is 1. The smallest absolute Gasteiger partial charge is 0.123 e. The summed E-state index contributed by atoms with van der Waals surface area (Å²) in [6, 6.07) is 14.5. The highest BCUT2D eigenvalue weighted by Gasteiger charge is 2.18. The van der Waals surface area contributed by atoms with Gasteiger partial charge in [-0.05, 0) is 55.3 Å². The fourth-order valence-electron chi connectivity index (χ4n) is 2.63. The Morgan fingerprint density at radius 1 is 1.19 bits per heavy atom. The zero-order chi connectivity index (χ0) is 14.7. The first-order chi connectivity index (χ1) is 10.2. The summed E-state index contributed by atoms with van der Waals surface area (Å²) in [7, 11) is 0. The van der Waals surface area contributed by atoms with E-state index in [4.69, 9.17) is 9.47 Å².